The third-order valence-corrected chi connectivity index (χ3v) is 4.02. The summed E-state index contributed by atoms with van der Waals surface area (Å²) in [5, 5.41) is 0. The Morgan fingerprint density at radius 1 is 1.54 bits per heavy atom. The van der Waals surface area contributed by atoms with E-state index in [4.69, 9.17) is 5.73 Å². The van der Waals surface area contributed by atoms with Crippen LogP contribution in [0.2, 0.25) is 0 Å². The molecular weight excluding hydrogens is 208 g/mol. The first-order valence-electron chi connectivity index (χ1n) is 4.29. The molecule has 0 saturated heterocycles. The van der Waals surface area contributed by atoms with Gasteiger partial charge in [-0.3, -0.25) is 0 Å². The number of hydrogen-bond donors (Lipinski definition) is 2. The highest BCUT2D eigenvalue weighted by molar-refractivity contribution is 7.99. The second-order valence-corrected chi connectivity index (χ2v) is 5.98. The van der Waals surface area contributed by atoms with Gasteiger partial charge in [-0.25, -0.2) is 13.1 Å². The highest BCUT2D eigenvalue weighted by atomic mass is 32.2. The van der Waals surface area contributed by atoms with Crippen LogP contribution in [0.4, 0.5) is 0 Å². The van der Waals surface area contributed by atoms with Gasteiger partial charge in [-0.2, -0.15) is 11.8 Å². The molecule has 6 heteroatoms. The van der Waals surface area contributed by atoms with E-state index in [2.05, 4.69) is 4.72 Å². The highest BCUT2D eigenvalue weighted by Gasteiger charge is 2.12. The number of hydrogen-bond acceptors (Lipinski definition) is 4. The van der Waals surface area contributed by atoms with Crippen molar-refractivity contribution in [3.05, 3.63) is 0 Å². The van der Waals surface area contributed by atoms with Crippen LogP contribution < -0.4 is 10.5 Å². The molecule has 0 radical (unpaired) electrons. The fourth-order valence-corrected chi connectivity index (χ4v) is 2.75. The SMILES string of the molecule is CCSCC(C)NS(=O)(=O)CCN. The lowest BCUT2D eigenvalue weighted by atomic mass is 10.4. The second-order valence-electron chi connectivity index (χ2n) is 2.79. The van der Waals surface area contributed by atoms with Crippen LogP contribution in [0.1, 0.15) is 13.8 Å². The first kappa shape index (κ1) is 13.2. The van der Waals surface area contributed by atoms with Crippen molar-refractivity contribution in [3.8, 4) is 0 Å². The third-order valence-electron chi connectivity index (χ3n) is 1.34. The van der Waals surface area contributed by atoms with Crippen molar-refractivity contribution in [1.29, 1.82) is 0 Å². The van der Waals surface area contributed by atoms with Gasteiger partial charge in [0.25, 0.3) is 0 Å². The van der Waals surface area contributed by atoms with Gasteiger partial charge in [0.1, 0.15) is 0 Å². The van der Waals surface area contributed by atoms with Crippen molar-refractivity contribution in [2.45, 2.75) is 19.9 Å². The van der Waals surface area contributed by atoms with E-state index in [0.29, 0.717) is 0 Å². The normalized spacial score (nSPS) is 14.4. The minimum Gasteiger partial charge on any atom is -0.329 e. The summed E-state index contributed by atoms with van der Waals surface area (Å²) in [7, 11) is -3.15. The number of nitrogens with one attached hydrogen (secondary N) is 1. The van der Waals surface area contributed by atoms with Crippen LogP contribution in [0.15, 0.2) is 0 Å². The van der Waals surface area contributed by atoms with E-state index in [-0.39, 0.29) is 18.3 Å². The molecule has 0 aromatic heterocycles. The van der Waals surface area contributed by atoms with Crippen molar-refractivity contribution in [2.24, 2.45) is 5.73 Å². The summed E-state index contributed by atoms with van der Waals surface area (Å²) in [5.74, 6) is 1.82. The van der Waals surface area contributed by atoms with Crippen LogP contribution in [0.5, 0.6) is 0 Å². The van der Waals surface area contributed by atoms with E-state index >= 15 is 0 Å². The van der Waals surface area contributed by atoms with E-state index in [1.54, 1.807) is 11.8 Å². The molecule has 1 unspecified atom stereocenters. The van der Waals surface area contributed by atoms with Crippen molar-refractivity contribution in [1.82, 2.24) is 4.72 Å². The van der Waals surface area contributed by atoms with E-state index in [9.17, 15) is 8.42 Å². The molecule has 0 fully saturated rings. The summed E-state index contributed by atoms with van der Waals surface area (Å²) in [6.07, 6.45) is 0. The summed E-state index contributed by atoms with van der Waals surface area (Å²) in [6.45, 7) is 4.07. The van der Waals surface area contributed by atoms with Crippen LogP contribution in [0, 0.1) is 0 Å². The third kappa shape index (κ3) is 7.30. The topological polar surface area (TPSA) is 72.2 Å². The molecule has 0 aliphatic heterocycles. The van der Waals surface area contributed by atoms with Gasteiger partial charge in [-0.05, 0) is 12.7 Å². The minimum absolute atomic E-state index is 0.00807. The van der Waals surface area contributed by atoms with Crippen LogP contribution in [-0.4, -0.2) is 38.3 Å². The van der Waals surface area contributed by atoms with Gasteiger partial charge in [-0.15, -0.1) is 0 Å². The standard InChI is InChI=1S/C7H18N2O2S2/c1-3-12-6-7(2)9-13(10,11)5-4-8/h7,9H,3-6,8H2,1-2H3. The zero-order valence-electron chi connectivity index (χ0n) is 8.12. The molecule has 0 heterocycles. The summed E-state index contributed by atoms with van der Waals surface area (Å²) in [4.78, 5) is 0. The molecule has 0 rings (SSSR count). The van der Waals surface area contributed by atoms with Crippen molar-refractivity contribution in [3.63, 3.8) is 0 Å². The van der Waals surface area contributed by atoms with Gasteiger partial charge < -0.3 is 5.73 Å². The summed E-state index contributed by atoms with van der Waals surface area (Å²) < 4.78 is 25.0. The number of nitrogens with two attached hydrogens (primary N) is 1. The van der Waals surface area contributed by atoms with Gasteiger partial charge in [-0.1, -0.05) is 6.92 Å². The summed E-state index contributed by atoms with van der Waals surface area (Å²) in [5.41, 5.74) is 5.17. The molecule has 3 N–H and O–H groups in total. The Morgan fingerprint density at radius 2 is 2.15 bits per heavy atom. The largest absolute Gasteiger partial charge is 0.329 e. The molecule has 0 aliphatic carbocycles. The molecule has 0 saturated carbocycles. The predicted octanol–water partition coefficient (Wildman–Crippen LogP) is 0.00610. The average molecular weight is 226 g/mol. The van der Waals surface area contributed by atoms with Gasteiger partial charge in [0, 0.05) is 18.3 Å². The molecule has 0 amide bonds. The van der Waals surface area contributed by atoms with E-state index < -0.39 is 10.0 Å². The Kier molecular flexibility index (Phi) is 6.75. The van der Waals surface area contributed by atoms with Crippen molar-refractivity contribution >= 4 is 21.8 Å². The Labute approximate surface area is 84.7 Å². The molecule has 13 heavy (non-hydrogen) atoms. The lowest BCUT2D eigenvalue weighted by molar-refractivity contribution is 0.571. The summed E-state index contributed by atoms with van der Waals surface area (Å²) in [6, 6.07) is -0.0125. The molecule has 80 valence electrons. The van der Waals surface area contributed by atoms with E-state index in [1.807, 2.05) is 13.8 Å². The molecule has 0 spiro atoms. The fraction of sp³-hybridized carbons (Fsp3) is 1.00. The Morgan fingerprint density at radius 3 is 2.62 bits per heavy atom. The van der Waals surface area contributed by atoms with Crippen LogP contribution in [-0.2, 0) is 10.0 Å². The van der Waals surface area contributed by atoms with Gasteiger partial charge in [0.15, 0.2) is 0 Å². The number of rotatable bonds is 7. The van der Waals surface area contributed by atoms with Crippen molar-refractivity contribution < 1.29 is 8.42 Å². The number of sulfonamides is 1. The zero-order valence-corrected chi connectivity index (χ0v) is 9.75. The molecule has 0 aromatic rings. The second kappa shape index (κ2) is 6.64. The van der Waals surface area contributed by atoms with Gasteiger partial charge >= 0.3 is 0 Å². The Hall–Kier alpha value is 0.220. The van der Waals surface area contributed by atoms with Gasteiger partial charge in [0.2, 0.25) is 10.0 Å². The lowest BCUT2D eigenvalue weighted by Gasteiger charge is -2.12. The maximum Gasteiger partial charge on any atom is 0.213 e. The Balaban J connectivity index is 3.82. The predicted molar refractivity (Wildman–Crippen MR) is 58.4 cm³/mol. The average Bonchev–Trinajstić information content (AvgIpc) is 1.99. The molecule has 4 nitrogen and oxygen atoms in total. The maximum atomic E-state index is 11.2. The fourth-order valence-electron chi connectivity index (χ4n) is 0.849. The van der Waals surface area contributed by atoms with E-state index in [1.165, 1.54) is 0 Å². The van der Waals surface area contributed by atoms with E-state index in [0.717, 1.165) is 11.5 Å². The summed E-state index contributed by atoms with van der Waals surface area (Å²) >= 11 is 1.72. The first-order valence-corrected chi connectivity index (χ1v) is 7.10. The molecular formula is C7H18N2O2S2. The smallest absolute Gasteiger partial charge is 0.213 e. The quantitative estimate of drug-likeness (QED) is 0.641. The zero-order chi connectivity index (χ0) is 10.3. The molecule has 1 atom stereocenters. The van der Waals surface area contributed by atoms with Crippen molar-refractivity contribution in [2.75, 3.05) is 23.8 Å². The Bertz CT molecular complexity index is 217. The molecule has 0 aliphatic rings. The van der Waals surface area contributed by atoms with Gasteiger partial charge in [0.05, 0.1) is 5.75 Å². The monoisotopic (exact) mass is 226 g/mol. The molecule has 0 aromatic carbocycles. The first-order chi connectivity index (χ1) is 6.02. The van der Waals surface area contributed by atoms with Crippen LogP contribution >= 0.6 is 11.8 Å². The van der Waals surface area contributed by atoms with Crippen LogP contribution in [0.25, 0.3) is 0 Å². The highest BCUT2D eigenvalue weighted by Crippen LogP contribution is 2.02. The lowest BCUT2D eigenvalue weighted by Crippen LogP contribution is -2.37. The number of thioether (sulfide) groups is 1. The maximum absolute atomic E-state index is 11.2. The molecule has 0 bridgehead atoms. The minimum atomic E-state index is -3.15. The van der Waals surface area contributed by atoms with Crippen LogP contribution in [0.3, 0.4) is 0 Å².